The molecule has 0 aliphatic carbocycles. The highest BCUT2D eigenvalue weighted by molar-refractivity contribution is 5.30. The zero-order valence-electron chi connectivity index (χ0n) is 14.2. The van der Waals surface area contributed by atoms with Gasteiger partial charge in [0.1, 0.15) is 0 Å². The van der Waals surface area contributed by atoms with Crippen molar-refractivity contribution in [3.05, 3.63) is 22.9 Å². The number of allylic oxidation sites excluding steroid dienone is 4. The van der Waals surface area contributed by atoms with E-state index in [9.17, 15) is 0 Å². The molecule has 0 aromatic heterocycles. The molecule has 2 heterocycles. The van der Waals surface area contributed by atoms with Gasteiger partial charge >= 0.3 is 0 Å². The Balaban J connectivity index is 2.17. The summed E-state index contributed by atoms with van der Waals surface area (Å²) < 4.78 is 0. The predicted molar refractivity (Wildman–Crippen MR) is 87.7 cm³/mol. The van der Waals surface area contributed by atoms with E-state index in [1.807, 2.05) is 0 Å². The maximum Gasteiger partial charge on any atom is 0.0430 e. The number of piperazine rings is 1. The molecule has 2 unspecified atom stereocenters. The van der Waals surface area contributed by atoms with Crippen LogP contribution < -0.4 is 0 Å². The van der Waals surface area contributed by atoms with E-state index >= 15 is 0 Å². The third kappa shape index (κ3) is 2.95. The minimum Gasteiger partial charge on any atom is -0.369 e. The Labute approximate surface area is 125 Å². The molecule has 114 valence electrons. The van der Waals surface area contributed by atoms with Crippen LogP contribution in [0.4, 0.5) is 0 Å². The van der Waals surface area contributed by atoms with Crippen molar-refractivity contribution in [3.8, 4) is 0 Å². The van der Waals surface area contributed by atoms with Crippen molar-refractivity contribution >= 4 is 0 Å². The molecule has 2 heteroatoms. The molecule has 2 bridgehead atoms. The molecule has 2 nitrogen and oxygen atoms in total. The number of likely N-dealkylation sites (tertiary alicyclic amines) is 2. The van der Waals surface area contributed by atoms with Gasteiger partial charge in [-0.1, -0.05) is 33.3 Å². The Morgan fingerprint density at radius 2 is 1.85 bits per heavy atom. The van der Waals surface area contributed by atoms with Crippen LogP contribution in [0.5, 0.6) is 0 Å². The van der Waals surface area contributed by atoms with Crippen molar-refractivity contribution in [1.82, 2.24) is 9.80 Å². The van der Waals surface area contributed by atoms with Gasteiger partial charge in [0.2, 0.25) is 0 Å². The molecule has 0 aromatic carbocycles. The minimum atomic E-state index is 0.667. The lowest BCUT2D eigenvalue weighted by Gasteiger charge is -2.34. The van der Waals surface area contributed by atoms with Crippen LogP contribution >= 0.6 is 0 Å². The molecule has 0 radical (unpaired) electrons. The predicted octanol–water partition coefficient (Wildman–Crippen LogP) is 4.05. The van der Waals surface area contributed by atoms with Crippen LogP contribution in [-0.4, -0.2) is 42.0 Å². The standard InChI is InChI=1S/C18H32N2/c1-7-15(18(8-2)13(3)4)9-14(5)20-12-16-10-17(20)11-19(16)6/h9,13,16-17H,7-8,10-12H2,1-6H3/b14-9+,18-15+. The van der Waals surface area contributed by atoms with Gasteiger partial charge in [-0.2, -0.15) is 0 Å². The van der Waals surface area contributed by atoms with Gasteiger partial charge in [0, 0.05) is 30.9 Å². The largest absolute Gasteiger partial charge is 0.369 e. The van der Waals surface area contributed by atoms with E-state index in [0.717, 1.165) is 18.5 Å². The third-order valence-electron chi connectivity index (χ3n) is 5.22. The van der Waals surface area contributed by atoms with E-state index in [1.165, 1.54) is 31.6 Å². The number of fused-ring (bicyclic) bond motifs is 2. The second kappa shape index (κ2) is 6.34. The number of hydrogen-bond donors (Lipinski definition) is 0. The van der Waals surface area contributed by atoms with Gasteiger partial charge < -0.3 is 4.90 Å². The topological polar surface area (TPSA) is 6.48 Å². The fraction of sp³-hybridized carbons (Fsp3) is 0.778. The molecular weight excluding hydrogens is 244 g/mol. The van der Waals surface area contributed by atoms with Gasteiger partial charge in [-0.05, 0) is 50.8 Å². The van der Waals surface area contributed by atoms with Crippen LogP contribution in [0.2, 0.25) is 0 Å². The van der Waals surface area contributed by atoms with Crippen molar-refractivity contribution in [2.75, 3.05) is 20.1 Å². The summed E-state index contributed by atoms with van der Waals surface area (Å²) in [6.07, 6.45) is 6.16. The molecule has 0 saturated carbocycles. The Morgan fingerprint density at radius 3 is 2.25 bits per heavy atom. The minimum absolute atomic E-state index is 0.667. The Kier molecular flexibility index (Phi) is 4.95. The first-order valence-electron chi connectivity index (χ1n) is 8.34. The van der Waals surface area contributed by atoms with Crippen molar-refractivity contribution in [3.63, 3.8) is 0 Å². The normalized spacial score (nSPS) is 28.6. The summed E-state index contributed by atoms with van der Waals surface area (Å²) >= 11 is 0. The molecule has 0 spiro atoms. The summed E-state index contributed by atoms with van der Waals surface area (Å²) in [5, 5.41) is 0. The van der Waals surface area contributed by atoms with Crippen LogP contribution in [0.15, 0.2) is 22.9 Å². The molecule has 2 atom stereocenters. The first kappa shape index (κ1) is 15.6. The second-order valence-corrected chi connectivity index (χ2v) is 6.83. The summed E-state index contributed by atoms with van der Waals surface area (Å²) in [4.78, 5) is 5.17. The molecule has 2 saturated heterocycles. The smallest absolute Gasteiger partial charge is 0.0430 e. The maximum absolute atomic E-state index is 2.65. The number of rotatable bonds is 5. The van der Waals surface area contributed by atoms with E-state index in [-0.39, 0.29) is 0 Å². The van der Waals surface area contributed by atoms with E-state index in [0.29, 0.717) is 5.92 Å². The molecule has 2 aliphatic rings. The lowest BCUT2D eigenvalue weighted by Crippen LogP contribution is -2.43. The molecule has 2 fully saturated rings. The molecular formula is C18H32N2. The second-order valence-electron chi connectivity index (χ2n) is 6.83. The average Bonchev–Trinajstić information content (AvgIpc) is 2.96. The lowest BCUT2D eigenvalue weighted by atomic mass is 9.93. The summed E-state index contributed by atoms with van der Waals surface area (Å²) in [6, 6.07) is 1.54. The molecule has 0 aromatic rings. The van der Waals surface area contributed by atoms with E-state index in [1.54, 1.807) is 11.1 Å². The van der Waals surface area contributed by atoms with Crippen molar-refractivity contribution in [1.29, 1.82) is 0 Å². The van der Waals surface area contributed by atoms with E-state index < -0.39 is 0 Å². The Morgan fingerprint density at radius 1 is 1.15 bits per heavy atom. The van der Waals surface area contributed by atoms with Crippen molar-refractivity contribution < 1.29 is 0 Å². The highest BCUT2D eigenvalue weighted by atomic mass is 15.3. The highest BCUT2D eigenvalue weighted by Crippen LogP contribution is 2.33. The van der Waals surface area contributed by atoms with Gasteiger partial charge in [0.25, 0.3) is 0 Å². The summed E-state index contributed by atoms with van der Waals surface area (Å²) in [6.45, 7) is 14.0. The molecule has 2 rings (SSSR count). The molecule has 0 amide bonds. The first-order chi connectivity index (χ1) is 9.47. The van der Waals surface area contributed by atoms with Crippen molar-refractivity contribution in [2.45, 2.75) is 66.0 Å². The number of hydrogen-bond acceptors (Lipinski definition) is 2. The van der Waals surface area contributed by atoms with Gasteiger partial charge in [0.15, 0.2) is 0 Å². The highest BCUT2D eigenvalue weighted by Gasteiger charge is 2.41. The summed E-state index contributed by atoms with van der Waals surface area (Å²) in [7, 11) is 2.27. The van der Waals surface area contributed by atoms with Crippen LogP contribution in [0.3, 0.4) is 0 Å². The molecule has 20 heavy (non-hydrogen) atoms. The number of nitrogens with zero attached hydrogens (tertiary/aromatic N) is 2. The average molecular weight is 276 g/mol. The monoisotopic (exact) mass is 276 g/mol. The Bertz CT molecular complexity index is 404. The SMILES string of the molecule is CCC(/C=C(\C)N1CC2CC1CN2C)=C(/CC)C(C)C. The van der Waals surface area contributed by atoms with Crippen LogP contribution in [-0.2, 0) is 0 Å². The third-order valence-corrected chi connectivity index (χ3v) is 5.22. The van der Waals surface area contributed by atoms with Gasteiger partial charge in [-0.3, -0.25) is 4.90 Å². The zero-order valence-corrected chi connectivity index (χ0v) is 14.2. The molecule has 2 aliphatic heterocycles. The lowest BCUT2D eigenvalue weighted by molar-refractivity contribution is 0.182. The quantitative estimate of drug-likeness (QED) is 0.699. The number of likely N-dealkylation sites (N-methyl/N-ethyl adjacent to an activating group) is 1. The van der Waals surface area contributed by atoms with Gasteiger partial charge in [0.05, 0.1) is 0 Å². The fourth-order valence-corrected chi connectivity index (χ4v) is 4.06. The zero-order chi connectivity index (χ0) is 14.9. The van der Waals surface area contributed by atoms with Gasteiger partial charge in [-0.15, -0.1) is 0 Å². The fourth-order valence-electron chi connectivity index (χ4n) is 4.06. The van der Waals surface area contributed by atoms with Crippen LogP contribution in [0.25, 0.3) is 0 Å². The van der Waals surface area contributed by atoms with Gasteiger partial charge in [-0.25, -0.2) is 0 Å². The Hall–Kier alpha value is -0.760. The molecule has 0 N–H and O–H groups in total. The maximum atomic E-state index is 2.65. The van der Waals surface area contributed by atoms with E-state index in [4.69, 9.17) is 0 Å². The summed E-state index contributed by atoms with van der Waals surface area (Å²) in [5.74, 6) is 0.667. The van der Waals surface area contributed by atoms with Crippen LogP contribution in [0.1, 0.15) is 53.9 Å². The van der Waals surface area contributed by atoms with Crippen LogP contribution in [0, 0.1) is 5.92 Å². The summed E-state index contributed by atoms with van der Waals surface area (Å²) in [5.41, 5.74) is 4.68. The first-order valence-corrected chi connectivity index (χ1v) is 8.34. The van der Waals surface area contributed by atoms with Crippen molar-refractivity contribution in [2.24, 2.45) is 5.92 Å². The van der Waals surface area contributed by atoms with E-state index in [2.05, 4.69) is 57.5 Å².